The van der Waals surface area contributed by atoms with Gasteiger partial charge in [-0.3, -0.25) is 4.79 Å². The van der Waals surface area contributed by atoms with E-state index in [1.54, 1.807) is 18.3 Å². The van der Waals surface area contributed by atoms with Crippen LogP contribution in [0.1, 0.15) is 56.7 Å². The Morgan fingerprint density at radius 1 is 1.25 bits per heavy atom. The zero-order valence-corrected chi connectivity index (χ0v) is 11.8. The lowest BCUT2D eigenvalue weighted by Gasteiger charge is -2.01. The number of hydrogen-bond donors (Lipinski definition) is 0. The van der Waals surface area contributed by atoms with Gasteiger partial charge in [0.1, 0.15) is 0 Å². The van der Waals surface area contributed by atoms with E-state index in [4.69, 9.17) is 4.42 Å². The van der Waals surface area contributed by atoms with E-state index in [0.29, 0.717) is 17.7 Å². The van der Waals surface area contributed by atoms with E-state index >= 15 is 0 Å². The molecule has 2 rings (SSSR count). The van der Waals surface area contributed by atoms with Crippen molar-refractivity contribution in [2.24, 2.45) is 0 Å². The van der Waals surface area contributed by atoms with Gasteiger partial charge in [-0.25, -0.2) is 9.78 Å². The van der Waals surface area contributed by atoms with Crippen molar-refractivity contribution in [3.63, 3.8) is 0 Å². The van der Waals surface area contributed by atoms with Crippen molar-refractivity contribution in [2.75, 3.05) is 0 Å². The highest BCUT2D eigenvalue weighted by atomic mass is 16.4. The molecule has 0 atom stereocenters. The fourth-order valence-corrected chi connectivity index (χ4v) is 2.24. The molecular formula is C15H20N2O3. The van der Waals surface area contributed by atoms with Crippen molar-refractivity contribution in [1.82, 2.24) is 9.55 Å². The van der Waals surface area contributed by atoms with E-state index < -0.39 is 5.76 Å². The number of rotatable bonds is 7. The molecule has 0 amide bonds. The quantitative estimate of drug-likeness (QED) is 0.727. The molecule has 5 nitrogen and oxygen atoms in total. The SMILES string of the molecule is CCCCCCCCC(=O)n1c(=O)oc2cccnc21. The number of hydrogen-bond acceptors (Lipinski definition) is 4. The number of carbonyl (C=O) groups excluding carboxylic acids is 1. The molecular weight excluding hydrogens is 256 g/mol. The fourth-order valence-electron chi connectivity index (χ4n) is 2.24. The standard InChI is InChI=1S/C15H20N2O3/c1-2-3-4-5-6-7-10-13(18)17-14-12(20-15(17)19)9-8-11-16-14/h8-9,11H,2-7,10H2,1H3. The summed E-state index contributed by atoms with van der Waals surface area (Å²) in [6, 6.07) is 3.31. The first kappa shape index (κ1) is 14.5. The number of pyridine rings is 1. The van der Waals surface area contributed by atoms with Crippen LogP contribution in [0.2, 0.25) is 0 Å². The molecule has 0 saturated carbocycles. The van der Waals surface area contributed by atoms with Crippen molar-refractivity contribution < 1.29 is 9.21 Å². The maximum absolute atomic E-state index is 12.1. The van der Waals surface area contributed by atoms with Crippen molar-refractivity contribution in [2.45, 2.75) is 51.9 Å². The number of unbranched alkanes of at least 4 members (excludes halogenated alkanes) is 5. The molecule has 0 spiro atoms. The van der Waals surface area contributed by atoms with Crippen LogP contribution in [-0.4, -0.2) is 15.5 Å². The van der Waals surface area contributed by atoms with E-state index in [2.05, 4.69) is 11.9 Å². The van der Waals surface area contributed by atoms with Gasteiger partial charge in [0.05, 0.1) is 0 Å². The lowest BCUT2D eigenvalue weighted by Crippen LogP contribution is -2.22. The lowest BCUT2D eigenvalue weighted by molar-refractivity contribution is 0.0895. The first-order valence-corrected chi connectivity index (χ1v) is 7.24. The van der Waals surface area contributed by atoms with Gasteiger partial charge in [0.25, 0.3) is 0 Å². The Hall–Kier alpha value is -1.91. The molecule has 0 N–H and O–H groups in total. The van der Waals surface area contributed by atoms with Gasteiger partial charge in [-0.15, -0.1) is 0 Å². The van der Waals surface area contributed by atoms with Crippen molar-refractivity contribution in [3.05, 3.63) is 28.9 Å². The van der Waals surface area contributed by atoms with Crippen LogP contribution in [0.25, 0.3) is 11.2 Å². The van der Waals surface area contributed by atoms with Crippen molar-refractivity contribution in [3.8, 4) is 0 Å². The summed E-state index contributed by atoms with van der Waals surface area (Å²) in [5.74, 6) is -0.877. The largest absolute Gasteiger partial charge is 0.428 e. The Bertz CT molecular complexity index is 627. The molecule has 0 fully saturated rings. The van der Waals surface area contributed by atoms with Crippen LogP contribution < -0.4 is 5.76 Å². The molecule has 2 aromatic rings. The van der Waals surface area contributed by atoms with Crippen LogP contribution in [0.3, 0.4) is 0 Å². The van der Waals surface area contributed by atoms with Gasteiger partial charge in [-0.05, 0) is 18.6 Å². The van der Waals surface area contributed by atoms with Crippen LogP contribution in [-0.2, 0) is 0 Å². The maximum atomic E-state index is 12.1. The molecule has 2 aromatic heterocycles. The second-order valence-corrected chi connectivity index (χ2v) is 4.94. The number of fused-ring (bicyclic) bond motifs is 1. The van der Waals surface area contributed by atoms with Crippen molar-refractivity contribution >= 4 is 17.1 Å². The average molecular weight is 276 g/mol. The van der Waals surface area contributed by atoms with Gasteiger partial charge in [0.2, 0.25) is 5.91 Å². The summed E-state index contributed by atoms with van der Waals surface area (Å²) in [6.07, 6.45) is 8.52. The first-order valence-electron chi connectivity index (χ1n) is 7.24. The van der Waals surface area contributed by atoms with Gasteiger partial charge < -0.3 is 4.42 Å². The molecule has 0 radical (unpaired) electrons. The summed E-state index contributed by atoms with van der Waals surface area (Å²) in [4.78, 5) is 27.8. The Morgan fingerprint density at radius 3 is 2.80 bits per heavy atom. The Kier molecular flexibility index (Phi) is 5.09. The van der Waals surface area contributed by atoms with Crippen LogP contribution in [0.5, 0.6) is 0 Å². The van der Waals surface area contributed by atoms with Crippen molar-refractivity contribution in [1.29, 1.82) is 0 Å². The van der Waals surface area contributed by atoms with E-state index in [0.717, 1.165) is 23.8 Å². The topological polar surface area (TPSA) is 65.1 Å². The van der Waals surface area contributed by atoms with Crippen LogP contribution in [0.4, 0.5) is 0 Å². The molecule has 0 aliphatic carbocycles. The van der Waals surface area contributed by atoms with Gasteiger partial charge >= 0.3 is 5.76 Å². The molecule has 2 heterocycles. The third-order valence-electron chi connectivity index (χ3n) is 3.34. The van der Waals surface area contributed by atoms with E-state index in [1.165, 1.54) is 19.3 Å². The molecule has 0 unspecified atom stereocenters. The molecule has 0 aliphatic heterocycles. The summed E-state index contributed by atoms with van der Waals surface area (Å²) in [7, 11) is 0. The van der Waals surface area contributed by atoms with E-state index in [-0.39, 0.29) is 5.91 Å². The summed E-state index contributed by atoms with van der Waals surface area (Å²) in [5, 5.41) is 0. The van der Waals surface area contributed by atoms with E-state index in [9.17, 15) is 9.59 Å². The molecule has 0 bridgehead atoms. The third-order valence-corrected chi connectivity index (χ3v) is 3.34. The molecule has 108 valence electrons. The molecule has 5 heteroatoms. The number of nitrogens with zero attached hydrogens (tertiary/aromatic N) is 2. The summed E-state index contributed by atoms with van der Waals surface area (Å²) >= 11 is 0. The van der Waals surface area contributed by atoms with Gasteiger partial charge in [0.15, 0.2) is 11.2 Å². The van der Waals surface area contributed by atoms with Crippen LogP contribution >= 0.6 is 0 Å². The third kappa shape index (κ3) is 3.35. The minimum Gasteiger partial charge on any atom is -0.406 e. The highest BCUT2D eigenvalue weighted by molar-refractivity contribution is 5.87. The molecule has 20 heavy (non-hydrogen) atoms. The van der Waals surface area contributed by atoms with Crippen LogP contribution in [0, 0.1) is 0 Å². The fraction of sp³-hybridized carbons (Fsp3) is 0.533. The molecule has 0 saturated heterocycles. The second-order valence-electron chi connectivity index (χ2n) is 4.94. The minimum atomic E-state index is -0.644. The predicted molar refractivity (Wildman–Crippen MR) is 76.9 cm³/mol. The number of aromatic nitrogens is 2. The molecule has 0 aromatic carbocycles. The smallest absolute Gasteiger partial charge is 0.406 e. The first-order chi connectivity index (χ1) is 9.74. The number of oxazole rings is 1. The average Bonchev–Trinajstić information content (AvgIpc) is 2.78. The normalized spacial score (nSPS) is 11.1. The maximum Gasteiger partial charge on any atom is 0.428 e. The Morgan fingerprint density at radius 2 is 2.00 bits per heavy atom. The Labute approximate surface area is 117 Å². The second kappa shape index (κ2) is 7.03. The van der Waals surface area contributed by atoms with E-state index in [1.807, 2.05) is 0 Å². The highest BCUT2D eigenvalue weighted by Crippen LogP contribution is 2.11. The number of carbonyl (C=O) groups is 1. The zero-order valence-electron chi connectivity index (χ0n) is 11.8. The highest BCUT2D eigenvalue weighted by Gasteiger charge is 2.16. The van der Waals surface area contributed by atoms with Gasteiger partial charge in [0, 0.05) is 12.6 Å². The predicted octanol–water partition coefficient (Wildman–Crippen LogP) is 3.38. The summed E-state index contributed by atoms with van der Waals surface area (Å²) < 4.78 is 6.05. The van der Waals surface area contributed by atoms with Crippen LogP contribution in [0.15, 0.2) is 27.5 Å². The Balaban J connectivity index is 1.94. The summed E-state index contributed by atoms with van der Waals surface area (Å²) in [6.45, 7) is 2.17. The molecule has 0 aliphatic rings. The minimum absolute atomic E-state index is 0.233. The summed E-state index contributed by atoms with van der Waals surface area (Å²) in [5.41, 5.74) is 0.669. The van der Waals surface area contributed by atoms with Gasteiger partial charge in [-0.2, -0.15) is 4.57 Å². The van der Waals surface area contributed by atoms with Gasteiger partial charge in [-0.1, -0.05) is 39.0 Å². The zero-order chi connectivity index (χ0) is 14.4. The monoisotopic (exact) mass is 276 g/mol. The lowest BCUT2D eigenvalue weighted by atomic mass is 10.1.